The number of hydrogen-bond donors (Lipinski definition) is 2. The molecule has 122 valence electrons. The number of ether oxygens (including phenoxy) is 1. The SMILES string of the molecule is CCNCc1cc(S(=O)(=O)NCCOCC(C)C)c(C)s1. The van der Waals surface area contributed by atoms with Crippen molar-refractivity contribution in [3.63, 3.8) is 0 Å². The molecule has 1 rings (SSSR count). The van der Waals surface area contributed by atoms with Gasteiger partial charge in [0, 0.05) is 29.5 Å². The molecule has 0 spiro atoms. The quantitative estimate of drug-likeness (QED) is 0.643. The van der Waals surface area contributed by atoms with Gasteiger partial charge in [0.15, 0.2) is 0 Å². The molecule has 0 aromatic carbocycles. The van der Waals surface area contributed by atoms with Crippen molar-refractivity contribution in [1.29, 1.82) is 0 Å². The van der Waals surface area contributed by atoms with Gasteiger partial charge in [0.25, 0.3) is 0 Å². The third-order valence-electron chi connectivity index (χ3n) is 2.75. The minimum atomic E-state index is -3.44. The minimum Gasteiger partial charge on any atom is -0.380 e. The van der Waals surface area contributed by atoms with E-state index in [4.69, 9.17) is 4.74 Å². The topological polar surface area (TPSA) is 67.4 Å². The molecule has 5 nitrogen and oxygen atoms in total. The molecule has 1 aromatic rings. The molecule has 0 bridgehead atoms. The van der Waals surface area contributed by atoms with Crippen LogP contribution in [0, 0.1) is 12.8 Å². The molecule has 7 heteroatoms. The molecule has 2 N–H and O–H groups in total. The Hall–Kier alpha value is -0.470. The zero-order valence-electron chi connectivity index (χ0n) is 13.2. The summed E-state index contributed by atoms with van der Waals surface area (Å²) < 4.78 is 32.5. The van der Waals surface area contributed by atoms with Crippen LogP contribution in [0.4, 0.5) is 0 Å². The fourth-order valence-corrected chi connectivity index (χ4v) is 4.39. The zero-order chi connectivity index (χ0) is 15.9. The largest absolute Gasteiger partial charge is 0.380 e. The van der Waals surface area contributed by atoms with Crippen LogP contribution < -0.4 is 10.0 Å². The molecule has 0 radical (unpaired) electrons. The monoisotopic (exact) mass is 334 g/mol. The van der Waals surface area contributed by atoms with E-state index in [1.54, 1.807) is 6.07 Å². The molecule has 0 fully saturated rings. The third-order valence-corrected chi connectivity index (χ3v) is 5.52. The van der Waals surface area contributed by atoms with E-state index in [9.17, 15) is 8.42 Å². The van der Waals surface area contributed by atoms with E-state index in [0.717, 1.165) is 16.3 Å². The van der Waals surface area contributed by atoms with Crippen molar-refractivity contribution in [2.24, 2.45) is 5.92 Å². The fourth-order valence-electron chi connectivity index (χ4n) is 1.77. The van der Waals surface area contributed by atoms with E-state index in [2.05, 4.69) is 23.9 Å². The van der Waals surface area contributed by atoms with Crippen molar-refractivity contribution in [2.75, 3.05) is 26.3 Å². The third kappa shape index (κ3) is 6.44. The molecule has 21 heavy (non-hydrogen) atoms. The number of thiophene rings is 1. The Balaban J connectivity index is 2.55. The van der Waals surface area contributed by atoms with Gasteiger partial charge >= 0.3 is 0 Å². The minimum absolute atomic E-state index is 0.298. The summed E-state index contributed by atoms with van der Waals surface area (Å²) in [7, 11) is -3.44. The van der Waals surface area contributed by atoms with E-state index in [1.165, 1.54) is 11.3 Å². The van der Waals surface area contributed by atoms with Gasteiger partial charge in [-0.15, -0.1) is 11.3 Å². The molecule has 0 aliphatic heterocycles. The number of aryl methyl sites for hydroxylation is 1. The molecule has 1 heterocycles. The van der Waals surface area contributed by atoms with Gasteiger partial charge in [0.1, 0.15) is 0 Å². The first-order valence-corrected chi connectivity index (χ1v) is 9.54. The van der Waals surface area contributed by atoms with E-state index >= 15 is 0 Å². The number of sulfonamides is 1. The molecular formula is C14H26N2O3S2. The number of hydrogen-bond acceptors (Lipinski definition) is 5. The maximum atomic E-state index is 12.3. The first-order chi connectivity index (χ1) is 9.86. The Bertz CT molecular complexity index is 524. The van der Waals surface area contributed by atoms with Crippen LogP contribution in [0.5, 0.6) is 0 Å². The van der Waals surface area contributed by atoms with Gasteiger partial charge in [-0.3, -0.25) is 0 Å². The highest BCUT2D eigenvalue weighted by Crippen LogP contribution is 2.25. The molecule has 0 amide bonds. The van der Waals surface area contributed by atoms with E-state index in [1.807, 2.05) is 13.8 Å². The molecule has 0 aliphatic rings. The zero-order valence-corrected chi connectivity index (χ0v) is 14.9. The Labute approximate surface area is 132 Å². The highest BCUT2D eigenvalue weighted by atomic mass is 32.2. The van der Waals surface area contributed by atoms with Crippen LogP contribution in [-0.4, -0.2) is 34.7 Å². The Morgan fingerprint density at radius 3 is 2.71 bits per heavy atom. The van der Waals surface area contributed by atoms with Crippen molar-refractivity contribution in [1.82, 2.24) is 10.0 Å². The second kappa shape index (κ2) is 8.85. The summed E-state index contributed by atoms with van der Waals surface area (Å²) in [4.78, 5) is 2.23. The summed E-state index contributed by atoms with van der Waals surface area (Å²) >= 11 is 1.52. The summed E-state index contributed by atoms with van der Waals surface area (Å²) in [6, 6.07) is 1.75. The molecule has 0 saturated carbocycles. The van der Waals surface area contributed by atoms with Crippen LogP contribution in [0.1, 0.15) is 30.5 Å². The molecule has 1 aromatic heterocycles. The Morgan fingerprint density at radius 1 is 1.38 bits per heavy atom. The normalized spacial score (nSPS) is 12.2. The van der Waals surface area contributed by atoms with Gasteiger partial charge < -0.3 is 10.1 Å². The van der Waals surface area contributed by atoms with E-state index in [0.29, 0.717) is 37.1 Å². The lowest BCUT2D eigenvalue weighted by Crippen LogP contribution is -2.28. The average molecular weight is 335 g/mol. The van der Waals surface area contributed by atoms with Crippen LogP contribution in [0.15, 0.2) is 11.0 Å². The van der Waals surface area contributed by atoms with Crippen LogP contribution in [-0.2, 0) is 21.3 Å². The first kappa shape index (κ1) is 18.6. The van der Waals surface area contributed by atoms with Crippen LogP contribution >= 0.6 is 11.3 Å². The maximum Gasteiger partial charge on any atom is 0.241 e. The second-order valence-electron chi connectivity index (χ2n) is 5.28. The Morgan fingerprint density at radius 2 is 2.10 bits per heavy atom. The van der Waals surface area contributed by atoms with Crippen LogP contribution in [0.3, 0.4) is 0 Å². The van der Waals surface area contributed by atoms with E-state index < -0.39 is 10.0 Å². The van der Waals surface area contributed by atoms with Gasteiger partial charge in [-0.1, -0.05) is 20.8 Å². The maximum absolute atomic E-state index is 12.3. The predicted octanol–water partition coefficient (Wildman–Crippen LogP) is 2.12. The van der Waals surface area contributed by atoms with Gasteiger partial charge in [-0.2, -0.15) is 0 Å². The first-order valence-electron chi connectivity index (χ1n) is 7.24. The van der Waals surface area contributed by atoms with Gasteiger partial charge in [-0.25, -0.2) is 13.1 Å². The molecule has 0 unspecified atom stereocenters. The molecule has 0 aliphatic carbocycles. The predicted molar refractivity (Wildman–Crippen MR) is 87.3 cm³/mol. The van der Waals surface area contributed by atoms with Crippen molar-refractivity contribution < 1.29 is 13.2 Å². The van der Waals surface area contributed by atoms with Crippen molar-refractivity contribution >= 4 is 21.4 Å². The highest BCUT2D eigenvalue weighted by molar-refractivity contribution is 7.89. The van der Waals surface area contributed by atoms with Gasteiger partial charge in [0.05, 0.1) is 11.5 Å². The summed E-state index contributed by atoms with van der Waals surface area (Å²) in [6.07, 6.45) is 0. The average Bonchev–Trinajstić information content (AvgIpc) is 2.77. The standard InChI is InChI=1S/C14H26N2O3S2/c1-5-15-9-13-8-14(12(4)20-13)21(17,18)16-6-7-19-10-11(2)3/h8,11,15-16H,5-7,9-10H2,1-4H3. The summed E-state index contributed by atoms with van der Waals surface area (Å²) in [6.45, 7) is 10.9. The smallest absolute Gasteiger partial charge is 0.241 e. The lowest BCUT2D eigenvalue weighted by Gasteiger charge is -2.08. The lowest BCUT2D eigenvalue weighted by atomic mass is 10.2. The second-order valence-corrected chi connectivity index (χ2v) is 8.36. The summed E-state index contributed by atoms with van der Waals surface area (Å²) in [5.74, 6) is 0.453. The molecule has 0 saturated heterocycles. The molecule has 0 atom stereocenters. The summed E-state index contributed by atoms with van der Waals surface area (Å²) in [5, 5.41) is 3.20. The molecular weight excluding hydrogens is 308 g/mol. The van der Waals surface area contributed by atoms with Gasteiger partial charge in [-0.05, 0) is 25.5 Å². The van der Waals surface area contributed by atoms with Crippen LogP contribution in [0.2, 0.25) is 0 Å². The Kier molecular flexibility index (Phi) is 7.83. The van der Waals surface area contributed by atoms with E-state index in [-0.39, 0.29) is 0 Å². The van der Waals surface area contributed by atoms with Crippen LogP contribution in [0.25, 0.3) is 0 Å². The van der Waals surface area contributed by atoms with Gasteiger partial charge in [0.2, 0.25) is 10.0 Å². The number of nitrogens with one attached hydrogen (secondary N) is 2. The van der Waals surface area contributed by atoms with Crippen molar-refractivity contribution in [3.8, 4) is 0 Å². The van der Waals surface area contributed by atoms with Crippen molar-refractivity contribution in [3.05, 3.63) is 15.8 Å². The number of rotatable bonds is 10. The highest BCUT2D eigenvalue weighted by Gasteiger charge is 2.19. The van der Waals surface area contributed by atoms with Crippen molar-refractivity contribution in [2.45, 2.75) is 39.1 Å². The summed E-state index contributed by atoms with van der Waals surface area (Å²) in [5.41, 5.74) is 0. The lowest BCUT2D eigenvalue weighted by molar-refractivity contribution is 0.114. The fraction of sp³-hybridized carbons (Fsp3) is 0.714.